The molecule has 3 N–H and O–H groups in total. The van der Waals surface area contributed by atoms with Crippen molar-refractivity contribution in [2.75, 3.05) is 5.32 Å². The largest absolute Gasteiger partial charge is 0.324 e. The maximum atomic E-state index is 12.3. The summed E-state index contributed by atoms with van der Waals surface area (Å²) < 4.78 is 0. The number of amides is 1. The van der Waals surface area contributed by atoms with Gasteiger partial charge in [-0.25, -0.2) is 0 Å². The number of carbonyl (C=O) groups is 1. The van der Waals surface area contributed by atoms with E-state index in [1.165, 1.54) is 0 Å². The molecular weight excluding hydrogens is 248 g/mol. The summed E-state index contributed by atoms with van der Waals surface area (Å²) in [6, 6.07) is 15.3. The molecule has 1 unspecified atom stereocenters. The minimum absolute atomic E-state index is 0.000527. The SMILES string of the molecule is CCc1ccccc1C(=O)Nc1ccc(C(C)N)cc1. The van der Waals surface area contributed by atoms with Crippen LogP contribution in [0.3, 0.4) is 0 Å². The first-order valence-corrected chi connectivity index (χ1v) is 6.86. The number of rotatable bonds is 4. The zero-order valence-electron chi connectivity index (χ0n) is 11.9. The van der Waals surface area contributed by atoms with Gasteiger partial charge in [0.1, 0.15) is 0 Å². The second-order valence-electron chi connectivity index (χ2n) is 4.88. The Kier molecular flexibility index (Phi) is 4.53. The van der Waals surface area contributed by atoms with Crippen LogP contribution in [0.1, 0.15) is 41.4 Å². The highest BCUT2D eigenvalue weighted by Crippen LogP contribution is 2.16. The third-order valence-corrected chi connectivity index (χ3v) is 3.34. The van der Waals surface area contributed by atoms with Crippen molar-refractivity contribution in [3.63, 3.8) is 0 Å². The summed E-state index contributed by atoms with van der Waals surface area (Å²) in [7, 11) is 0. The number of anilines is 1. The Labute approximate surface area is 119 Å². The standard InChI is InChI=1S/C17H20N2O/c1-3-13-6-4-5-7-16(13)17(20)19-15-10-8-14(9-11-15)12(2)18/h4-12H,3,18H2,1-2H3,(H,19,20). The molecule has 2 aromatic carbocycles. The molecule has 0 aliphatic heterocycles. The van der Waals surface area contributed by atoms with Gasteiger partial charge >= 0.3 is 0 Å². The third-order valence-electron chi connectivity index (χ3n) is 3.34. The molecule has 0 heterocycles. The van der Waals surface area contributed by atoms with Crippen molar-refractivity contribution in [2.45, 2.75) is 26.3 Å². The average molecular weight is 268 g/mol. The number of carbonyl (C=O) groups excluding carboxylic acids is 1. The number of benzene rings is 2. The van der Waals surface area contributed by atoms with E-state index < -0.39 is 0 Å². The number of hydrogen-bond donors (Lipinski definition) is 2. The molecule has 0 aliphatic rings. The Morgan fingerprint density at radius 1 is 1.15 bits per heavy atom. The molecule has 3 nitrogen and oxygen atoms in total. The summed E-state index contributed by atoms with van der Waals surface area (Å²) >= 11 is 0. The minimum Gasteiger partial charge on any atom is -0.324 e. The summed E-state index contributed by atoms with van der Waals surface area (Å²) in [6.45, 7) is 3.98. The van der Waals surface area contributed by atoms with Gasteiger partial charge in [0.15, 0.2) is 0 Å². The van der Waals surface area contributed by atoms with Crippen LogP contribution in [0.25, 0.3) is 0 Å². The molecule has 0 saturated carbocycles. The van der Waals surface area contributed by atoms with Crippen LogP contribution in [0.4, 0.5) is 5.69 Å². The van der Waals surface area contributed by atoms with Crippen molar-refractivity contribution in [3.8, 4) is 0 Å². The van der Waals surface area contributed by atoms with Gasteiger partial charge in [-0.05, 0) is 42.7 Å². The Morgan fingerprint density at radius 3 is 2.40 bits per heavy atom. The molecule has 0 radical (unpaired) electrons. The molecule has 1 atom stereocenters. The Balaban J connectivity index is 2.15. The van der Waals surface area contributed by atoms with Gasteiger partial charge in [0.2, 0.25) is 0 Å². The van der Waals surface area contributed by atoms with E-state index >= 15 is 0 Å². The van der Waals surface area contributed by atoms with Gasteiger partial charge in [0.05, 0.1) is 0 Å². The van der Waals surface area contributed by atoms with Crippen LogP contribution in [-0.2, 0) is 6.42 Å². The van der Waals surface area contributed by atoms with Crippen LogP contribution in [0.15, 0.2) is 48.5 Å². The van der Waals surface area contributed by atoms with Crippen molar-refractivity contribution < 1.29 is 4.79 Å². The van der Waals surface area contributed by atoms with Gasteiger partial charge in [-0.2, -0.15) is 0 Å². The highest BCUT2D eigenvalue weighted by molar-refractivity contribution is 6.05. The van der Waals surface area contributed by atoms with E-state index in [0.717, 1.165) is 28.8 Å². The molecule has 0 fully saturated rings. The molecule has 0 spiro atoms. The zero-order valence-corrected chi connectivity index (χ0v) is 11.9. The van der Waals surface area contributed by atoms with E-state index in [9.17, 15) is 4.79 Å². The van der Waals surface area contributed by atoms with Crippen LogP contribution in [0.5, 0.6) is 0 Å². The highest BCUT2D eigenvalue weighted by atomic mass is 16.1. The summed E-state index contributed by atoms with van der Waals surface area (Å²) in [5.41, 5.74) is 9.42. The summed E-state index contributed by atoms with van der Waals surface area (Å²) in [6.07, 6.45) is 0.840. The van der Waals surface area contributed by atoms with Gasteiger partial charge in [0.25, 0.3) is 5.91 Å². The molecule has 2 rings (SSSR count). The average Bonchev–Trinajstić information content (AvgIpc) is 2.47. The lowest BCUT2D eigenvalue weighted by molar-refractivity contribution is 0.102. The van der Waals surface area contributed by atoms with Crippen LogP contribution < -0.4 is 11.1 Å². The molecule has 0 aromatic heterocycles. The zero-order chi connectivity index (χ0) is 14.5. The van der Waals surface area contributed by atoms with Crippen molar-refractivity contribution >= 4 is 11.6 Å². The fraction of sp³-hybridized carbons (Fsp3) is 0.235. The second-order valence-corrected chi connectivity index (χ2v) is 4.88. The van der Waals surface area contributed by atoms with Crippen molar-refractivity contribution in [3.05, 3.63) is 65.2 Å². The van der Waals surface area contributed by atoms with Gasteiger partial charge in [-0.1, -0.05) is 37.3 Å². The first-order chi connectivity index (χ1) is 9.61. The molecule has 1 amide bonds. The fourth-order valence-electron chi connectivity index (χ4n) is 2.12. The minimum atomic E-state index is -0.0732. The van der Waals surface area contributed by atoms with Crippen molar-refractivity contribution in [1.82, 2.24) is 0 Å². The monoisotopic (exact) mass is 268 g/mol. The molecule has 0 saturated heterocycles. The lowest BCUT2D eigenvalue weighted by atomic mass is 10.0. The lowest BCUT2D eigenvalue weighted by Gasteiger charge is -2.10. The maximum absolute atomic E-state index is 12.3. The third kappa shape index (κ3) is 3.25. The van der Waals surface area contributed by atoms with Crippen LogP contribution in [0.2, 0.25) is 0 Å². The molecule has 0 bridgehead atoms. The fourth-order valence-corrected chi connectivity index (χ4v) is 2.12. The molecule has 3 heteroatoms. The van der Waals surface area contributed by atoms with E-state index in [1.54, 1.807) is 0 Å². The Bertz CT molecular complexity index is 588. The van der Waals surface area contributed by atoms with Crippen LogP contribution in [0, 0.1) is 0 Å². The van der Waals surface area contributed by atoms with Gasteiger partial charge < -0.3 is 11.1 Å². The summed E-state index contributed by atoms with van der Waals surface area (Å²) in [4.78, 5) is 12.3. The quantitative estimate of drug-likeness (QED) is 0.891. The molecule has 20 heavy (non-hydrogen) atoms. The summed E-state index contributed by atoms with van der Waals surface area (Å²) in [5.74, 6) is -0.0732. The van der Waals surface area contributed by atoms with E-state index in [0.29, 0.717) is 0 Å². The van der Waals surface area contributed by atoms with Crippen LogP contribution in [-0.4, -0.2) is 5.91 Å². The van der Waals surface area contributed by atoms with E-state index in [4.69, 9.17) is 5.73 Å². The van der Waals surface area contributed by atoms with Gasteiger partial charge in [0, 0.05) is 17.3 Å². The molecule has 104 valence electrons. The second kappa shape index (κ2) is 6.35. The van der Waals surface area contributed by atoms with E-state index in [2.05, 4.69) is 5.32 Å². The number of aryl methyl sites for hydroxylation is 1. The van der Waals surface area contributed by atoms with Gasteiger partial charge in [-0.15, -0.1) is 0 Å². The van der Waals surface area contributed by atoms with Crippen molar-refractivity contribution in [2.24, 2.45) is 5.73 Å². The maximum Gasteiger partial charge on any atom is 0.255 e. The predicted octanol–water partition coefficient (Wildman–Crippen LogP) is 3.52. The number of nitrogens with two attached hydrogens (primary N) is 1. The lowest BCUT2D eigenvalue weighted by Crippen LogP contribution is -2.14. The molecule has 2 aromatic rings. The molecular formula is C17H20N2O. The first kappa shape index (κ1) is 14.3. The highest BCUT2D eigenvalue weighted by Gasteiger charge is 2.10. The van der Waals surface area contributed by atoms with E-state index in [1.807, 2.05) is 62.4 Å². The van der Waals surface area contributed by atoms with Crippen molar-refractivity contribution in [1.29, 1.82) is 0 Å². The summed E-state index contributed by atoms with van der Waals surface area (Å²) in [5, 5.41) is 2.92. The Morgan fingerprint density at radius 2 is 1.80 bits per heavy atom. The Hall–Kier alpha value is -2.13. The topological polar surface area (TPSA) is 55.1 Å². The smallest absolute Gasteiger partial charge is 0.255 e. The first-order valence-electron chi connectivity index (χ1n) is 6.86. The van der Waals surface area contributed by atoms with Crippen LogP contribution >= 0.6 is 0 Å². The normalized spacial score (nSPS) is 11.9. The number of nitrogens with one attached hydrogen (secondary N) is 1. The number of hydrogen-bond acceptors (Lipinski definition) is 2. The molecule has 0 aliphatic carbocycles. The van der Waals surface area contributed by atoms with E-state index in [-0.39, 0.29) is 11.9 Å². The van der Waals surface area contributed by atoms with Gasteiger partial charge in [-0.3, -0.25) is 4.79 Å². The predicted molar refractivity (Wildman–Crippen MR) is 82.8 cm³/mol.